The molecule has 4 aromatic rings. The lowest BCUT2D eigenvalue weighted by atomic mass is 10.1. The third-order valence-corrected chi connectivity index (χ3v) is 5.92. The van der Waals surface area contributed by atoms with Crippen LogP contribution in [0.15, 0.2) is 54.9 Å². The van der Waals surface area contributed by atoms with Gasteiger partial charge in [-0.1, -0.05) is 18.2 Å². The highest BCUT2D eigenvalue weighted by atomic mass is 127. The van der Waals surface area contributed by atoms with Crippen molar-refractivity contribution < 1.29 is 4.79 Å². The molecule has 0 bridgehead atoms. The summed E-state index contributed by atoms with van der Waals surface area (Å²) in [6, 6.07) is 14.2. The molecule has 1 aliphatic heterocycles. The van der Waals surface area contributed by atoms with Gasteiger partial charge in [-0.2, -0.15) is 0 Å². The molecule has 0 unspecified atom stereocenters. The summed E-state index contributed by atoms with van der Waals surface area (Å²) in [5, 5.41) is 4.00. The minimum atomic E-state index is -0.00356. The Bertz CT molecular complexity index is 1200. The second-order valence-corrected chi connectivity index (χ2v) is 7.60. The molecule has 0 atom stereocenters. The van der Waals surface area contributed by atoms with Gasteiger partial charge in [0.2, 0.25) is 0 Å². The second kappa shape index (κ2) is 6.45. The van der Waals surface area contributed by atoms with Crippen molar-refractivity contribution in [2.45, 2.75) is 6.42 Å². The number of para-hydroxylation sites is 1. The van der Waals surface area contributed by atoms with Crippen LogP contribution in [0.1, 0.15) is 16.1 Å². The van der Waals surface area contributed by atoms with Crippen LogP contribution in [0.3, 0.4) is 0 Å². The SMILES string of the molecule is O=C1NCCc2[nH]c(-c3ccnc(-c4cnc5ccccc5c4)c3)c(I)c21. The van der Waals surface area contributed by atoms with E-state index in [9.17, 15) is 4.79 Å². The third kappa shape index (κ3) is 2.80. The van der Waals surface area contributed by atoms with Gasteiger partial charge in [0.05, 0.1) is 26.0 Å². The molecule has 3 aromatic heterocycles. The zero-order chi connectivity index (χ0) is 18.4. The van der Waals surface area contributed by atoms with Crippen LogP contribution in [0.25, 0.3) is 33.4 Å². The molecule has 0 fully saturated rings. The predicted octanol–water partition coefficient (Wildman–Crippen LogP) is 4.18. The Morgan fingerprint density at radius 2 is 1.93 bits per heavy atom. The lowest BCUT2D eigenvalue weighted by Gasteiger charge is -2.11. The summed E-state index contributed by atoms with van der Waals surface area (Å²) in [6.07, 6.45) is 4.48. The highest BCUT2D eigenvalue weighted by Crippen LogP contribution is 2.33. The van der Waals surface area contributed by atoms with Crippen LogP contribution in [0.2, 0.25) is 0 Å². The first-order valence-electron chi connectivity index (χ1n) is 8.71. The van der Waals surface area contributed by atoms with Crippen molar-refractivity contribution in [3.63, 3.8) is 0 Å². The average Bonchev–Trinajstić information content (AvgIpc) is 3.05. The maximum absolute atomic E-state index is 12.2. The van der Waals surface area contributed by atoms with Gasteiger partial charge in [0, 0.05) is 47.6 Å². The molecule has 1 amide bonds. The maximum atomic E-state index is 12.2. The lowest BCUT2D eigenvalue weighted by molar-refractivity contribution is 0.0945. The van der Waals surface area contributed by atoms with Crippen LogP contribution in [0.5, 0.6) is 0 Å². The fourth-order valence-electron chi connectivity index (χ4n) is 3.49. The van der Waals surface area contributed by atoms with Crippen molar-refractivity contribution in [1.82, 2.24) is 20.3 Å². The molecule has 5 rings (SSSR count). The van der Waals surface area contributed by atoms with E-state index in [4.69, 9.17) is 0 Å². The Balaban J connectivity index is 1.61. The molecule has 1 aliphatic rings. The monoisotopic (exact) mass is 466 g/mol. The summed E-state index contributed by atoms with van der Waals surface area (Å²) >= 11 is 2.25. The van der Waals surface area contributed by atoms with Crippen molar-refractivity contribution >= 4 is 39.4 Å². The molecule has 4 heterocycles. The van der Waals surface area contributed by atoms with Crippen LogP contribution < -0.4 is 5.32 Å². The van der Waals surface area contributed by atoms with Gasteiger partial charge in [-0.25, -0.2) is 0 Å². The molecule has 0 aliphatic carbocycles. The topological polar surface area (TPSA) is 70.7 Å². The van der Waals surface area contributed by atoms with Gasteiger partial charge >= 0.3 is 0 Å². The van der Waals surface area contributed by atoms with E-state index in [2.05, 4.69) is 55.0 Å². The Morgan fingerprint density at radius 3 is 2.81 bits per heavy atom. The molecule has 0 radical (unpaired) electrons. The normalized spacial score (nSPS) is 13.4. The van der Waals surface area contributed by atoms with E-state index in [0.29, 0.717) is 6.54 Å². The summed E-state index contributed by atoms with van der Waals surface area (Å²) in [5.74, 6) is -0.00356. The van der Waals surface area contributed by atoms with Gasteiger partial charge < -0.3 is 10.3 Å². The number of halogens is 1. The largest absolute Gasteiger partial charge is 0.357 e. The molecular formula is C21H15IN4O. The summed E-state index contributed by atoms with van der Waals surface area (Å²) < 4.78 is 0.952. The fraction of sp³-hybridized carbons (Fsp3) is 0.0952. The number of pyridine rings is 2. The quantitative estimate of drug-likeness (QED) is 0.436. The number of hydrogen-bond acceptors (Lipinski definition) is 3. The van der Waals surface area contributed by atoms with E-state index in [1.807, 2.05) is 36.5 Å². The summed E-state index contributed by atoms with van der Waals surface area (Å²) in [7, 11) is 0. The number of aromatic amines is 1. The van der Waals surface area contributed by atoms with Gasteiger partial charge in [0.25, 0.3) is 5.91 Å². The molecule has 0 spiro atoms. The van der Waals surface area contributed by atoms with Gasteiger partial charge in [-0.15, -0.1) is 0 Å². The van der Waals surface area contributed by atoms with Gasteiger partial charge in [0.1, 0.15) is 0 Å². The number of aromatic nitrogens is 3. The highest BCUT2D eigenvalue weighted by molar-refractivity contribution is 14.1. The molecular weight excluding hydrogens is 451 g/mol. The molecule has 6 heteroatoms. The third-order valence-electron chi connectivity index (χ3n) is 4.84. The molecule has 2 N–H and O–H groups in total. The van der Waals surface area contributed by atoms with Crippen molar-refractivity contribution in [3.8, 4) is 22.5 Å². The smallest absolute Gasteiger partial charge is 0.254 e. The summed E-state index contributed by atoms with van der Waals surface area (Å²) in [6.45, 7) is 0.673. The molecule has 0 saturated carbocycles. The number of hydrogen-bond donors (Lipinski definition) is 2. The van der Waals surface area contributed by atoms with Crippen molar-refractivity contribution in [1.29, 1.82) is 0 Å². The van der Waals surface area contributed by atoms with Crippen LogP contribution in [0, 0.1) is 3.57 Å². The Kier molecular flexibility index (Phi) is 3.93. The van der Waals surface area contributed by atoms with E-state index >= 15 is 0 Å². The first kappa shape index (κ1) is 16.4. The molecule has 5 nitrogen and oxygen atoms in total. The summed E-state index contributed by atoms with van der Waals surface area (Å²) in [4.78, 5) is 24.7. The molecule has 132 valence electrons. The Hall–Kier alpha value is -2.74. The highest BCUT2D eigenvalue weighted by Gasteiger charge is 2.25. The van der Waals surface area contributed by atoms with Gasteiger partial charge in [0.15, 0.2) is 0 Å². The van der Waals surface area contributed by atoms with E-state index in [1.165, 1.54) is 0 Å². The number of carbonyl (C=O) groups is 1. The minimum Gasteiger partial charge on any atom is -0.357 e. The molecule has 1 aromatic carbocycles. The Labute approximate surface area is 169 Å². The number of nitrogens with zero attached hydrogens (tertiary/aromatic N) is 2. The standard InChI is InChI=1S/C21H15IN4O/c22-19-18-16(6-8-24-21(18)27)26-20(19)13-5-7-23-17(10-13)14-9-12-3-1-2-4-15(12)25-11-14/h1-5,7,9-11,26H,6,8H2,(H,24,27). The lowest BCUT2D eigenvalue weighted by Crippen LogP contribution is -2.31. The number of rotatable bonds is 2. The number of amides is 1. The van der Waals surface area contributed by atoms with Crippen molar-refractivity contribution in [2.75, 3.05) is 6.54 Å². The fourth-order valence-corrected chi connectivity index (χ4v) is 4.51. The van der Waals surface area contributed by atoms with Gasteiger partial charge in [-0.05, 0) is 46.9 Å². The zero-order valence-electron chi connectivity index (χ0n) is 14.3. The molecule has 27 heavy (non-hydrogen) atoms. The van der Waals surface area contributed by atoms with Gasteiger partial charge in [-0.3, -0.25) is 14.8 Å². The number of carbonyl (C=O) groups excluding carboxylic acids is 1. The van der Waals surface area contributed by atoms with E-state index in [1.54, 1.807) is 6.20 Å². The predicted molar refractivity (Wildman–Crippen MR) is 114 cm³/mol. The van der Waals surface area contributed by atoms with Crippen LogP contribution in [0.4, 0.5) is 0 Å². The first-order chi connectivity index (χ1) is 13.2. The van der Waals surface area contributed by atoms with Crippen molar-refractivity contribution in [3.05, 3.63) is 69.7 Å². The zero-order valence-corrected chi connectivity index (χ0v) is 16.4. The first-order valence-corrected chi connectivity index (χ1v) is 9.79. The van der Waals surface area contributed by atoms with E-state index in [-0.39, 0.29) is 5.91 Å². The average molecular weight is 466 g/mol. The number of nitrogens with one attached hydrogen (secondary N) is 2. The maximum Gasteiger partial charge on any atom is 0.254 e. The summed E-state index contributed by atoms with van der Waals surface area (Å²) in [5.41, 5.74) is 6.55. The molecule has 0 saturated heterocycles. The van der Waals surface area contributed by atoms with Crippen LogP contribution in [-0.4, -0.2) is 27.4 Å². The van der Waals surface area contributed by atoms with E-state index in [0.717, 1.165) is 54.7 Å². The number of H-pyrrole nitrogens is 1. The number of fused-ring (bicyclic) bond motifs is 2. The van der Waals surface area contributed by atoms with Crippen LogP contribution >= 0.6 is 22.6 Å². The minimum absolute atomic E-state index is 0.00356. The second-order valence-electron chi connectivity index (χ2n) is 6.52. The van der Waals surface area contributed by atoms with E-state index < -0.39 is 0 Å². The van der Waals surface area contributed by atoms with Crippen molar-refractivity contribution in [2.24, 2.45) is 0 Å². The Morgan fingerprint density at radius 1 is 1.04 bits per heavy atom. The number of benzene rings is 1. The van der Waals surface area contributed by atoms with Crippen LogP contribution in [-0.2, 0) is 6.42 Å².